The zero-order chi connectivity index (χ0) is 18.0. The summed E-state index contributed by atoms with van der Waals surface area (Å²) in [6, 6.07) is 10.2. The molecule has 0 bridgehead atoms. The van der Waals surface area contributed by atoms with Crippen LogP contribution in [-0.2, 0) is 11.3 Å². The van der Waals surface area contributed by atoms with Crippen LogP contribution in [0.5, 0.6) is 0 Å². The number of rotatable bonds is 5. The zero-order valence-corrected chi connectivity index (χ0v) is 13.9. The van der Waals surface area contributed by atoms with Crippen molar-refractivity contribution >= 4 is 11.7 Å². The lowest BCUT2D eigenvalue weighted by Crippen LogP contribution is -2.43. The van der Waals surface area contributed by atoms with Crippen LogP contribution < -0.4 is 0 Å². The van der Waals surface area contributed by atoms with Crippen molar-refractivity contribution in [1.29, 1.82) is 0 Å². The lowest BCUT2D eigenvalue weighted by Gasteiger charge is -2.35. The second kappa shape index (κ2) is 7.06. The average Bonchev–Trinajstić information content (AvgIpc) is 3.05. The summed E-state index contributed by atoms with van der Waals surface area (Å²) in [6.07, 6.45) is 1.52. The highest BCUT2D eigenvalue weighted by atomic mass is 16.6. The predicted molar refractivity (Wildman–Crippen MR) is 91.0 cm³/mol. The molecule has 0 radical (unpaired) electrons. The van der Waals surface area contributed by atoms with Crippen molar-refractivity contribution in [2.45, 2.75) is 32.4 Å². The first kappa shape index (κ1) is 17.2. The van der Waals surface area contributed by atoms with Gasteiger partial charge in [-0.25, -0.2) is 0 Å². The Kier molecular flexibility index (Phi) is 4.85. The molecule has 1 fully saturated rings. The number of carboxylic acids is 1. The fourth-order valence-electron chi connectivity index (χ4n) is 3.25. The van der Waals surface area contributed by atoms with E-state index in [1.807, 2.05) is 0 Å². The number of nitro benzene ring substituents is 1. The molecule has 2 unspecified atom stereocenters. The molecule has 1 saturated heterocycles. The third-order valence-electron chi connectivity index (χ3n) is 4.75. The number of piperidine rings is 1. The number of carboxylic acid groups (broad SMARTS) is 1. The molecule has 25 heavy (non-hydrogen) atoms. The SMILES string of the molecule is CC1CCC(C(=O)O)CN1Cc1ccc(-c2ccccc2[N+](=O)[O-])o1. The minimum absolute atomic E-state index is 0.000631. The minimum Gasteiger partial charge on any atom is -0.481 e. The molecule has 1 aromatic carbocycles. The van der Waals surface area contributed by atoms with Crippen molar-refractivity contribution in [3.63, 3.8) is 0 Å². The Hall–Kier alpha value is -2.67. The van der Waals surface area contributed by atoms with E-state index >= 15 is 0 Å². The molecular weight excluding hydrogens is 324 g/mol. The lowest BCUT2D eigenvalue weighted by molar-refractivity contribution is -0.384. The number of hydrogen-bond donors (Lipinski definition) is 1. The topological polar surface area (TPSA) is 96.8 Å². The van der Waals surface area contributed by atoms with Gasteiger partial charge in [-0.2, -0.15) is 0 Å². The Morgan fingerprint density at radius 1 is 1.32 bits per heavy atom. The monoisotopic (exact) mass is 344 g/mol. The molecule has 2 atom stereocenters. The van der Waals surface area contributed by atoms with Gasteiger partial charge in [0.25, 0.3) is 5.69 Å². The van der Waals surface area contributed by atoms with Crippen LogP contribution in [0.25, 0.3) is 11.3 Å². The van der Waals surface area contributed by atoms with Gasteiger partial charge in [0, 0.05) is 18.7 Å². The van der Waals surface area contributed by atoms with Crippen LogP contribution in [0.4, 0.5) is 5.69 Å². The average molecular weight is 344 g/mol. The van der Waals surface area contributed by atoms with E-state index in [1.165, 1.54) is 6.07 Å². The summed E-state index contributed by atoms with van der Waals surface area (Å²) in [5.74, 6) is -0.00873. The van der Waals surface area contributed by atoms with Crippen LogP contribution in [0.3, 0.4) is 0 Å². The van der Waals surface area contributed by atoms with Crippen LogP contribution in [0, 0.1) is 16.0 Å². The normalized spacial score (nSPS) is 21.2. The fraction of sp³-hybridized carbons (Fsp3) is 0.389. The third-order valence-corrected chi connectivity index (χ3v) is 4.75. The molecule has 2 heterocycles. The maximum atomic E-state index is 11.2. The lowest BCUT2D eigenvalue weighted by atomic mass is 9.93. The van der Waals surface area contributed by atoms with Crippen LogP contribution >= 0.6 is 0 Å². The molecule has 7 heteroatoms. The van der Waals surface area contributed by atoms with Crippen LogP contribution in [0.15, 0.2) is 40.8 Å². The largest absolute Gasteiger partial charge is 0.481 e. The first-order chi connectivity index (χ1) is 12.0. The third kappa shape index (κ3) is 3.71. The molecule has 132 valence electrons. The maximum absolute atomic E-state index is 11.2. The molecule has 1 aromatic heterocycles. The van der Waals surface area contributed by atoms with Gasteiger partial charge in [-0.1, -0.05) is 12.1 Å². The molecule has 3 rings (SSSR count). The number of hydrogen-bond acceptors (Lipinski definition) is 5. The van der Waals surface area contributed by atoms with E-state index in [9.17, 15) is 20.0 Å². The first-order valence-electron chi connectivity index (χ1n) is 8.25. The van der Waals surface area contributed by atoms with E-state index in [1.54, 1.807) is 30.3 Å². The Labute approximate surface area is 145 Å². The molecule has 0 amide bonds. The summed E-state index contributed by atoms with van der Waals surface area (Å²) in [4.78, 5) is 24.1. The van der Waals surface area contributed by atoms with E-state index in [4.69, 9.17) is 4.42 Å². The first-order valence-corrected chi connectivity index (χ1v) is 8.25. The van der Waals surface area contributed by atoms with Crippen LogP contribution in [-0.4, -0.2) is 33.5 Å². The molecule has 1 aliphatic heterocycles. The second-order valence-corrected chi connectivity index (χ2v) is 6.43. The summed E-state index contributed by atoms with van der Waals surface area (Å²) >= 11 is 0. The highest BCUT2D eigenvalue weighted by Gasteiger charge is 2.30. The Balaban J connectivity index is 1.78. The summed E-state index contributed by atoms with van der Waals surface area (Å²) in [5.41, 5.74) is 0.439. The van der Waals surface area contributed by atoms with Gasteiger partial charge in [-0.15, -0.1) is 0 Å². The van der Waals surface area contributed by atoms with Crippen molar-refractivity contribution in [3.05, 3.63) is 52.3 Å². The van der Waals surface area contributed by atoms with Gasteiger partial charge in [0.1, 0.15) is 11.5 Å². The molecule has 0 aliphatic carbocycles. The van der Waals surface area contributed by atoms with E-state index in [0.717, 1.165) is 6.42 Å². The summed E-state index contributed by atoms with van der Waals surface area (Å²) in [6.45, 7) is 3.05. The maximum Gasteiger partial charge on any atom is 0.307 e. The standard InChI is InChI=1S/C18H20N2O5/c1-12-6-7-13(18(21)22)10-19(12)11-14-8-9-17(25-14)15-4-2-3-5-16(15)20(23)24/h2-5,8-9,12-13H,6-7,10-11H2,1H3,(H,21,22). The summed E-state index contributed by atoms with van der Waals surface area (Å²) in [5, 5.41) is 20.4. The van der Waals surface area contributed by atoms with Crippen molar-refractivity contribution in [2.75, 3.05) is 6.54 Å². The molecule has 0 spiro atoms. The predicted octanol–water partition coefficient (Wildman–Crippen LogP) is 3.54. The zero-order valence-electron chi connectivity index (χ0n) is 13.9. The molecule has 1 aliphatic rings. The highest BCUT2D eigenvalue weighted by molar-refractivity contribution is 5.70. The Morgan fingerprint density at radius 2 is 2.08 bits per heavy atom. The van der Waals surface area contributed by atoms with Gasteiger partial charge >= 0.3 is 5.97 Å². The van der Waals surface area contributed by atoms with Gasteiger partial charge in [0.15, 0.2) is 0 Å². The van der Waals surface area contributed by atoms with E-state index in [0.29, 0.717) is 36.6 Å². The molecule has 1 N–H and O–H groups in total. The second-order valence-electron chi connectivity index (χ2n) is 6.43. The number of nitro groups is 1. The number of aliphatic carboxylic acids is 1. The van der Waals surface area contributed by atoms with E-state index in [-0.39, 0.29) is 17.6 Å². The molecular formula is C18H20N2O5. The van der Waals surface area contributed by atoms with Crippen molar-refractivity contribution in [1.82, 2.24) is 4.90 Å². The minimum atomic E-state index is -0.767. The Bertz CT molecular complexity index is 785. The van der Waals surface area contributed by atoms with Gasteiger partial charge < -0.3 is 9.52 Å². The van der Waals surface area contributed by atoms with E-state index in [2.05, 4.69) is 11.8 Å². The van der Waals surface area contributed by atoms with E-state index < -0.39 is 10.9 Å². The number of carbonyl (C=O) groups is 1. The number of likely N-dealkylation sites (tertiary alicyclic amines) is 1. The van der Waals surface area contributed by atoms with Gasteiger partial charge in [0.05, 0.1) is 22.9 Å². The smallest absolute Gasteiger partial charge is 0.307 e. The number of benzene rings is 1. The van der Waals surface area contributed by atoms with Gasteiger partial charge in [-0.3, -0.25) is 19.8 Å². The molecule has 7 nitrogen and oxygen atoms in total. The van der Waals surface area contributed by atoms with Gasteiger partial charge in [0.2, 0.25) is 0 Å². The van der Waals surface area contributed by atoms with Crippen LogP contribution in [0.1, 0.15) is 25.5 Å². The molecule has 0 saturated carbocycles. The summed E-state index contributed by atoms with van der Waals surface area (Å²) < 4.78 is 5.81. The number of para-hydroxylation sites is 1. The fourth-order valence-corrected chi connectivity index (χ4v) is 3.25. The number of furan rings is 1. The quantitative estimate of drug-likeness (QED) is 0.658. The van der Waals surface area contributed by atoms with Crippen molar-refractivity contribution < 1.29 is 19.2 Å². The van der Waals surface area contributed by atoms with Crippen molar-refractivity contribution in [2.24, 2.45) is 5.92 Å². The van der Waals surface area contributed by atoms with Crippen LogP contribution in [0.2, 0.25) is 0 Å². The van der Waals surface area contributed by atoms with Crippen molar-refractivity contribution in [3.8, 4) is 11.3 Å². The molecule has 2 aromatic rings. The summed E-state index contributed by atoms with van der Waals surface area (Å²) in [7, 11) is 0. The van der Waals surface area contributed by atoms with Gasteiger partial charge in [-0.05, 0) is 38.0 Å². The number of nitrogens with zero attached hydrogens (tertiary/aromatic N) is 2. The highest BCUT2D eigenvalue weighted by Crippen LogP contribution is 2.32. The Morgan fingerprint density at radius 3 is 2.80 bits per heavy atom.